The molecule has 0 aliphatic carbocycles. The molecule has 0 N–H and O–H groups in total. The summed E-state index contributed by atoms with van der Waals surface area (Å²) in [5.41, 5.74) is -0.208. The van der Waals surface area contributed by atoms with E-state index in [9.17, 15) is 5.26 Å². The van der Waals surface area contributed by atoms with E-state index in [1.54, 1.807) is 0 Å². The highest BCUT2D eigenvalue weighted by atomic mass is 15.2. The first-order valence-electron chi connectivity index (χ1n) is 5.75. The molecule has 1 unspecified atom stereocenters. The number of hydrogen-bond acceptors (Lipinski definition) is 2. The highest BCUT2D eigenvalue weighted by Crippen LogP contribution is 2.26. The van der Waals surface area contributed by atoms with Crippen LogP contribution in [0.3, 0.4) is 0 Å². The predicted molar refractivity (Wildman–Crippen MR) is 58.9 cm³/mol. The van der Waals surface area contributed by atoms with Crippen molar-refractivity contribution in [2.75, 3.05) is 13.1 Å². The third-order valence-electron chi connectivity index (χ3n) is 3.25. The zero-order chi connectivity index (χ0) is 10.6. The molecular weight excluding hydrogens is 172 g/mol. The van der Waals surface area contributed by atoms with E-state index in [4.69, 9.17) is 0 Å². The standard InChI is InChI=1S/C12H22N2/c1-11(2)6-7-12(3,10-13)14-8-4-5-9-14/h11H,4-9H2,1-3H3. The molecular formula is C12H22N2. The van der Waals surface area contributed by atoms with Crippen LogP contribution in [0.15, 0.2) is 0 Å². The van der Waals surface area contributed by atoms with Crippen molar-refractivity contribution in [3.8, 4) is 6.07 Å². The van der Waals surface area contributed by atoms with Gasteiger partial charge in [-0.1, -0.05) is 13.8 Å². The summed E-state index contributed by atoms with van der Waals surface area (Å²) in [5, 5.41) is 9.27. The lowest BCUT2D eigenvalue weighted by atomic mass is 9.92. The zero-order valence-electron chi connectivity index (χ0n) is 9.71. The summed E-state index contributed by atoms with van der Waals surface area (Å²) in [6, 6.07) is 2.50. The fourth-order valence-corrected chi connectivity index (χ4v) is 2.07. The second kappa shape index (κ2) is 4.79. The molecule has 0 aromatic rings. The minimum absolute atomic E-state index is 0.208. The summed E-state index contributed by atoms with van der Waals surface area (Å²) in [5.74, 6) is 0.699. The van der Waals surface area contributed by atoms with Crippen LogP contribution in [0, 0.1) is 17.2 Å². The van der Waals surface area contributed by atoms with Crippen molar-refractivity contribution < 1.29 is 0 Å². The smallest absolute Gasteiger partial charge is 0.106 e. The Morgan fingerprint density at radius 3 is 2.36 bits per heavy atom. The maximum absolute atomic E-state index is 9.27. The molecule has 1 heterocycles. The van der Waals surface area contributed by atoms with Gasteiger partial charge in [-0.05, 0) is 51.6 Å². The van der Waals surface area contributed by atoms with Crippen LogP contribution in [0.25, 0.3) is 0 Å². The largest absolute Gasteiger partial charge is 0.286 e. The van der Waals surface area contributed by atoms with E-state index in [0.717, 1.165) is 25.9 Å². The number of likely N-dealkylation sites (tertiary alicyclic amines) is 1. The molecule has 1 fully saturated rings. The molecule has 0 radical (unpaired) electrons. The van der Waals surface area contributed by atoms with Gasteiger partial charge in [0.05, 0.1) is 6.07 Å². The van der Waals surface area contributed by atoms with Crippen molar-refractivity contribution in [1.82, 2.24) is 4.90 Å². The van der Waals surface area contributed by atoms with E-state index < -0.39 is 0 Å². The number of rotatable bonds is 4. The van der Waals surface area contributed by atoms with Gasteiger partial charge in [-0.25, -0.2) is 0 Å². The highest BCUT2D eigenvalue weighted by molar-refractivity contribution is 5.06. The van der Waals surface area contributed by atoms with E-state index in [2.05, 4.69) is 31.7 Å². The molecule has 0 aromatic carbocycles. The Hall–Kier alpha value is -0.550. The second-order valence-electron chi connectivity index (χ2n) is 5.01. The van der Waals surface area contributed by atoms with Gasteiger partial charge >= 0.3 is 0 Å². The van der Waals surface area contributed by atoms with E-state index >= 15 is 0 Å². The predicted octanol–water partition coefficient (Wildman–Crippen LogP) is 2.80. The molecule has 1 aliphatic heterocycles. The van der Waals surface area contributed by atoms with Crippen LogP contribution >= 0.6 is 0 Å². The second-order valence-corrected chi connectivity index (χ2v) is 5.01. The zero-order valence-corrected chi connectivity index (χ0v) is 9.71. The third kappa shape index (κ3) is 2.72. The topological polar surface area (TPSA) is 27.0 Å². The molecule has 0 bridgehead atoms. The third-order valence-corrected chi connectivity index (χ3v) is 3.25. The lowest BCUT2D eigenvalue weighted by molar-refractivity contribution is 0.172. The summed E-state index contributed by atoms with van der Waals surface area (Å²) >= 11 is 0. The Morgan fingerprint density at radius 1 is 1.36 bits per heavy atom. The van der Waals surface area contributed by atoms with Gasteiger partial charge in [-0.15, -0.1) is 0 Å². The Labute approximate surface area is 87.9 Å². The Balaban J connectivity index is 2.52. The van der Waals surface area contributed by atoms with Gasteiger partial charge in [-0.3, -0.25) is 4.90 Å². The Morgan fingerprint density at radius 2 is 1.93 bits per heavy atom. The van der Waals surface area contributed by atoms with Crippen LogP contribution in [0.2, 0.25) is 0 Å². The van der Waals surface area contributed by atoms with Crippen LogP contribution in [0.5, 0.6) is 0 Å². The SMILES string of the molecule is CC(C)CCC(C)(C#N)N1CCCC1. The van der Waals surface area contributed by atoms with Gasteiger partial charge in [0.25, 0.3) is 0 Å². The lowest BCUT2D eigenvalue weighted by Crippen LogP contribution is -2.43. The van der Waals surface area contributed by atoms with E-state index in [-0.39, 0.29) is 5.54 Å². The number of hydrogen-bond donors (Lipinski definition) is 0. The molecule has 1 saturated heterocycles. The quantitative estimate of drug-likeness (QED) is 0.688. The molecule has 0 amide bonds. The molecule has 0 saturated carbocycles. The molecule has 80 valence electrons. The molecule has 2 heteroatoms. The van der Waals surface area contributed by atoms with Crippen molar-refractivity contribution in [3.63, 3.8) is 0 Å². The Kier molecular flexibility index (Phi) is 3.95. The van der Waals surface area contributed by atoms with E-state index in [0.29, 0.717) is 5.92 Å². The summed E-state index contributed by atoms with van der Waals surface area (Å²) in [7, 11) is 0. The minimum atomic E-state index is -0.208. The normalized spacial score (nSPS) is 22.2. The maximum Gasteiger partial charge on any atom is 0.106 e. The molecule has 1 aliphatic rings. The molecule has 1 rings (SSSR count). The maximum atomic E-state index is 9.27. The van der Waals surface area contributed by atoms with Crippen molar-refractivity contribution >= 4 is 0 Å². The van der Waals surface area contributed by atoms with Crippen LogP contribution in [0.1, 0.15) is 46.5 Å². The van der Waals surface area contributed by atoms with E-state index in [1.807, 2.05) is 0 Å². The lowest BCUT2D eigenvalue weighted by Gasteiger charge is -2.32. The van der Waals surface area contributed by atoms with Gasteiger partial charge in [0, 0.05) is 0 Å². The summed E-state index contributed by atoms with van der Waals surface area (Å²) in [6.07, 6.45) is 4.69. The van der Waals surface area contributed by atoms with Gasteiger partial charge < -0.3 is 0 Å². The van der Waals surface area contributed by atoms with Crippen LogP contribution < -0.4 is 0 Å². The number of nitrogens with zero attached hydrogens (tertiary/aromatic N) is 2. The van der Waals surface area contributed by atoms with Crippen LogP contribution in [-0.2, 0) is 0 Å². The fourth-order valence-electron chi connectivity index (χ4n) is 2.07. The average Bonchev–Trinajstić information content (AvgIpc) is 2.67. The van der Waals surface area contributed by atoms with Crippen molar-refractivity contribution in [2.45, 2.75) is 52.0 Å². The van der Waals surface area contributed by atoms with Gasteiger partial charge in [0.15, 0.2) is 0 Å². The minimum Gasteiger partial charge on any atom is -0.286 e. The number of nitriles is 1. The van der Waals surface area contributed by atoms with Gasteiger partial charge in [0.1, 0.15) is 5.54 Å². The summed E-state index contributed by atoms with van der Waals surface area (Å²) < 4.78 is 0. The molecule has 0 aromatic heterocycles. The van der Waals surface area contributed by atoms with Crippen molar-refractivity contribution in [3.05, 3.63) is 0 Å². The molecule has 2 nitrogen and oxygen atoms in total. The first kappa shape index (κ1) is 11.5. The van der Waals surface area contributed by atoms with Gasteiger partial charge in [-0.2, -0.15) is 5.26 Å². The van der Waals surface area contributed by atoms with Crippen molar-refractivity contribution in [1.29, 1.82) is 5.26 Å². The molecule has 1 atom stereocenters. The first-order chi connectivity index (χ1) is 6.58. The van der Waals surface area contributed by atoms with E-state index in [1.165, 1.54) is 12.8 Å². The van der Waals surface area contributed by atoms with Crippen LogP contribution in [0.4, 0.5) is 0 Å². The van der Waals surface area contributed by atoms with Crippen LogP contribution in [-0.4, -0.2) is 23.5 Å². The van der Waals surface area contributed by atoms with Gasteiger partial charge in [0.2, 0.25) is 0 Å². The average molecular weight is 194 g/mol. The molecule has 0 spiro atoms. The fraction of sp³-hybridized carbons (Fsp3) is 0.917. The highest BCUT2D eigenvalue weighted by Gasteiger charge is 2.33. The monoisotopic (exact) mass is 194 g/mol. The first-order valence-corrected chi connectivity index (χ1v) is 5.75. The summed E-state index contributed by atoms with van der Waals surface area (Å²) in [6.45, 7) is 8.77. The summed E-state index contributed by atoms with van der Waals surface area (Å²) in [4.78, 5) is 2.36. The molecule has 14 heavy (non-hydrogen) atoms. The Bertz CT molecular complexity index is 211. The van der Waals surface area contributed by atoms with Crippen molar-refractivity contribution in [2.24, 2.45) is 5.92 Å².